The Balaban J connectivity index is 2.36. The minimum atomic E-state index is -0.243. The fourth-order valence-electron chi connectivity index (χ4n) is 1.15. The molecule has 0 aliphatic carbocycles. The van der Waals surface area contributed by atoms with Gasteiger partial charge in [-0.3, -0.25) is 9.59 Å². The van der Waals surface area contributed by atoms with Crippen LogP contribution in [0.5, 0.6) is 0 Å². The predicted octanol–water partition coefficient (Wildman–Crippen LogP) is -0.181. The number of nitrogens with zero attached hydrogens (tertiary/aromatic N) is 2. The highest BCUT2D eigenvalue weighted by Crippen LogP contribution is 1.98. The van der Waals surface area contributed by atoms with Crippen LogP contribution in [-0.2, 0) is 4.79 Å². The van der Waals surface area contributed by atoms with Gasteiger partial charge in [0.25, 0.3) is 5.91 Å². The van der Waals surface area contributed by atoms with Gasteiger partial charge in [0.05, 0.1) is 5.56 Å². The van der Waals surface area contributed by atoms with Crippen molar-refractivity contribution in [2.75, 3.05) is 13.1 Å². The summed E-state index contributed by atoms with van der Waals surface area (Å²) in [5.74, 6) is -0.243. The Labute approximate surface area is 98.7 Å². The zero-order valence-electron chi connectivity index (χ0n) is 9.14. The third-order valence-electron chi connectivity index (χ3n) is 2.01. The summed E-state index contributed by atoms with van der Waals surface area (Å²) in [5.41, 5.74) is 0.684. The maximum Gasteiger partial charge on any atom is 0.252 e. The molecule has 0 atom stereocenters. The Kier molecular flexibility index (Phi) is 5.17. The first kappa shape index (κ1) is 12.6. The van der Waals surface area contributed by atoms with E-state index in [1.54, 1.807) is 6.07 Å². The van der Waals surface area contributed by atoms with Crippen LogP contribution in [0.4, 0.5) is 0 Å². The summed E-state index contributed by atoms with van der Waals surface area (Å²) < 4.78 is 0. The number of carbonyl (C=O) groups is 2. The normalized spacial score (nSPS) is 9.12. The minimum absolute atomic E-state index is 0.243. The molecule has 0 saturated heterocycles. The van der Waals surface area contributed by atoms with Gasteiger partial charge in [-0.2, -0.15) is 5.26 Å². The van der Waals surface area contributed by atoms with Crippen LogP contribution in [0.25, 0.3) is 0 Å². The first-order valence-electron chi connectivity index (χ1n) is 5.09. The van der Waals surface area contributed by atoms with Gasteiger partial charge in [0.1, 0.15) is 11.8 Å². The van der Waals surface area contributed by atoms with E-state index in [4.69, 9.17) is 5.26 Å². The van der Waals surface area contributed by atoms with E-state index in [1.807, 2.05) is 6.07 Å². The van der Waals surface area contributed by atoms with E-state index < -0.39 is 0 Å². The second-order valence-electron chi connectivity index (χ2n) is 3.23. The molecule has 0 unspecified atom stereocenters. The molecule has 0 aliphatic heterocycles. The van der Waals surface area contributed by atoms with E-state index in [0.29, 0.717) is 31.5 Å². The van der Waals surface area contributed by atoms with Crippen LogP contribution < -0.4 is 10.6 Å². The highest BCUT2D eigenvalue weighted by molar-refractivity contribution is 5.93. The van der Waals surface area contributed by atoms with Crippen molar-refractivity contribution in [3.63, 3.8) is 0 Å². The lowest BCUT2D eigenvalue weighted by Gasteiger charge is -2.04. The second-order valence-corrected chi connectivity index (χ2v) is 3.23. The van der Waals surface area contributed by atoms with Gasteiger partial charge in [-0.25, -0.2) is 4.98 Å². The fourth-order valence-corrected chi connectivity index (χ4v) is 1.15. The first-order chi connectivity index (χ1) is 8.27. The molecule has 0 fully saturated rings. The number of rotatable bonds is 6. The molecule has 6 heteroatoms. The van der Waals surface area contributed by atoms with Crippen LogP contribution in [0.1, 0.15) is 22.5 Å². The topological polar surface area (TPSA) is 94.9 Å². The smallest absolute Gasteiger partial charge is 0.252 e. The number of hydrogen-bond acceptors (Lipinski definition) is 4. The molecule has 0 bridgehead atoms. The Bertz CT molecular complexity index is 422. The monoisotopic (exact) mass is 232 g/mol. The van der Waals surface area contributed by atoms with Gasteiger partial charge in [0, 0.05) is 19.3 Å². The van der Waals surface area contributed by atoms with Crippen molar-refractivity contribution in [2.24, 2.45) is 0 Å². The number of aromatic nitrogens is 1. The summed E-state index contributed by atoms with van der Waals surface area (Å²) in [7, 11) is 0. The number of nitriles is 1. The molecule has 1 heterocycles. The zero-order valence-corrected chi connectivity index (χ0v) is 9.14. The lowest BCUT2D eigenvalue weighted by Crippen LogP contribution is -2.27. The summed E-state index contributed by atoms with van der Waals surface area (Å²) >= 11 is 0. The highest BCUT2D eigenvalue weighted by atomic mass is 16.1. The molecule has 0 aliphatic rings. The lowest BCUT2D eigenvalue weighted by molar-refractivity contribution is -0.109. The van der Waals surface area contributed by atoms with Crippen LogP contribution in [-0.4, -0.2) is 30.4 Å². The fraction of sp³-hybridized carbons (Fsp3) is 0.273. The van der Waals surface area contributed by atoms with Crippen molar-refractivity contribution in [3.05, 3.63) is 29.6 Å². The maximum atomic E-state index is 11.6. The van der Waals surface area contributed by atoms with E-state index in [9.17, 15) is 9.59 Å². The van der Waals surface area contributed by atoms with Crippen molar-refractivity contribution in [1.82, 2.24) is 15.6 Å². The van der Waals surface area contributed by atoms with E-state index in [0.717, 1.165) is 0 Å². The largest absolute Gasteiger partial charge is 0.359 e. The summed E-state index contributed by atoms with van der Waals surface area (Å²) in [6.07, 6.45) is 2.64. The number of hydrogen-bond donors (Lipinski definition) is 2. The molecule has 6 nitrogen and oxygen atoms in total. The van der Waals surface area contributed by atoms with Crippen molar-refractivity contribution >= 4 is 12.3 Å². The quantitative estimate of drug-likeness (QED) is 0.525. The first-order valence-corrected chi connectivity index (χ1v) is 5.09. The molecule has 0 aromatic carbocycles. The Morgan fingerprint density at radius 3 is 2.88 bits per heavy atom. The zero-order chi connectivity index (χ0) is 12.5. The molecule has 88 valence electrons. The van der Waals surface area contributed by atoms with Crippen molar-refractivity contribution in [1.29, 1.82) is 5.26 Å². The van der Waals surface area contributed by atoms with Gasteiger partial charge in [-0.1, -0.05) is 0 Å². The number of pyridine rings is 1. The van der Waals surface area contributed by atoms with Crippen molar-refractivity contribution in [2.45, 2.75) is 6.42 Å². The number of amides is 2. The van der Waals surface area contributed by atoms with Gasteiger partial charge >= 0.3 is 0 Å². The Hall–Kier alpha value is -2.42. The molecule has 1 aromatic rings. The average Bonchev–Trinajstić information content (AvgIpc) is 2.38. The Morgan fingerprint density at radius 1 is 1.47 bits per heavy atom. The average molecular weight is 232 g/mol. The van der Waals surface area contributed by atoms with Crippen LogP contribution >= 0.6 is 0 Å². The van der Waals surface area contributed by atoms with Crippen LogP contribution in [0.2, 0.25) is 0 Å². The van der Waals surface area contributed by atoms with Gasteiger partial charge in [-0.15, -0.1) is 0 Å². The van der Waals surface area contributed by atoms with Crippen molar-refractivity contribution < 1.29 is 9.59 Å². The van der Waals surface area contributed by atoms with E-state index in [-0.39, 0.29) is 11.6 Å². The van der Waals surface area contributed by atoms with Gasteiger partial charge in [0.2, 0.25) is 6.41 Å². The van der Waals surface area contributed by atoms with Crippen LogP contribution in [0.3, 0.4) is 0 Å². The van der Waals surface area contributed by atoms with Crippen LogP contribution in [0, 0.1) is 11.3 Å². The third kappa shape index (κ3) is 4.30. The molecule has 1 rings (SSSR count). The summed E-state index contributed by atoms with van der Waals surface area (Å²) in [5, 5.41) is 13.7. The predicted molar refractivity (Wildman–Crippen MR) is 60.0 cm³/mol. The molecule has 17 heavy (non-hydrogen) atoms. The molecule has 0 radical (unpaired) electrons. The summed E-state index contributed by atoms with van der Waals surface area (Å²) in [4.78, 5) is 25.3. The van der Waals surface area contributed by atoms with E-state index >= 15 is 0 Å². The standard InChI is InChI=1S/C11H12N4O2/c12-6-10-3-2-9(7-15-10)11(17)14-5-1-4-13-8-16/h2-3,7-8H,1,4-5H2,(H,13,16)(H,14,17). The Morgan fingerprint density at radius 2 is 2.29 bits per heavy atom. The van der Waals surface area contributed by atoms with Gasteiger partial charge in [0.15, 0.2) is 0 Å². The van der Waals surface area contributed by atoms with E-state index in [1.165, 1.54) is 12.3 Å². The summed E-state index contributed by atoms with van der Waals surface area (Å²) in [6.45, 7) is 0.995. The van der Waals surface area contributed by atoms with Gasteiger partial charge in [-0.05, 0) is 18.6 Å². The van der Waals surface area contributed by atoms with Crippen molar-refractivity contribution in [3.8, 4) is 6.07 Å². The minimum Gasteiger partial charge on any atom is -0.359 e. The summed E-state index contributed by atoms with van der Waals surface area (Å²) in [6, 6.07) is 4.91. The van der Waals surface area contributed by atoms with Gasteiger partial charge < -0.3 is 10.6 Å². The second kappa shape index (κ2) is 6.95. The molecule has 1 aromatic heterocycles. The molecule has 0 spiro atoms. The molecular weight excluding hydrogens is 220 g/mol. The number of carbonyl (C=O) groups excluding carboxylic acids is 2. The molecule has 2 amide bonds. The highest BCUT2D eigenvalue weighted by Gasteiger charge is 2.04. The number of nitrogens with one attached hydrogen (secondary N) is 2. The third-order valence-corrected chi connectivity index (χ3v) is 2.01. The molecule has 2 N–H and O–H groups in total. The molecular formula is C11H12N4O2. The lowest BCUT2D eigenvalue weighted by atomic mass is 10.2. The van der Waals surface area contributed by atoms with E-state index in [2.05, 4.69) is 15.6 Å². The maximum absolute atomic E-state index is 11.6. The van der Waals surface area contributed by atoms with Crippen LogP contribution in [0.15, 0.2) is 18.3 Å². The molecule has 0 saturated carbocycles. The SMILES string of the molecule is N#Cc1ccc(C(=O)NCCCNC=O)cn1.